The molecule has 122 valence electrons. The van der Waals surface area contributed by atoms with E-state index in [0.717, 1.165) is 0 Å². The number of amides is 2. The minimum atomic E-state index is -0.439. The number of halogens is 3. The molecule has 1 aliphatic rings. The molecule has 1 aromatic heterocycles. The van der Waals surface area contributed by atoms with Gasteiger partial charge in [-0.15, -0.1) is 0 Å². The lowest BCUT2D eigenvalue weighted by Gasteiger charge is -2.19. The van der Waals surface area contributed by atoms with Gasteiger partial charge in [-0.3, -0.25) is 0 Å². The normalized spacial score (nSPS) is 15.1. The number of amidine groups is 1. The van der Waals surface area contributed by atoms with Gasteiger partial charge in [0.25, 0.3) is 0 Å². The van der Waals surface area contributed by atoms with Crippen LogP contribution in [0.3, 0.4) is 0 Å². The molecule has 0 atom stereocenters. The number of allylic oxidation sites excluding steroid dienone is 1. The van der Waals surface area contributed by atoms with Crippen molar-refractivity contribution in [3.05, 3.63) is 64.0 Å². The Morgan fingerprint density at radius 1 is 1.04 bits per heavy atom. The Bertz CT molecular complexity index is 845. The molecule has 0 spiro atoms. The zero-order chi connectivity index (χ0) is 17.3. The highest BCUT2D eigenvalue weighted by molar-refractivity contribution is 6.70. The zero-order valence-electron chi connectivity index (χ0n) is 12.4. The smallest absolute Gasteiger partial charge is 0.305 e. The summed E-state index contributed by atoms with van der Waals surface area (Å²) in [5, 5.41) is 3.27. The Hall–Kier alpha value is -2.08. The predicted octanol–water partition coefficient (Wildman–Crippen LogP) is 4.90. The van der Waals surface area contributed by atoms with Gasteiger partial charge in [0.15, 0.2) is 0 Å². The number of hydrogen-bond donors (Lipinski definition) is 1. The summed E-state index contributed by atoms with van der Waals surface area (Å²) in [6.45, 7) is 1.73. The second-order valence-corrected chi connectivity index (χ2v) is 6.06. The van der Waals surface area contributed by atoms with Crippen LogP contribution in [0.5, 0.6) is 0 Å². The summed E-state index contributed by atoms with van der Waals surface area (Å²) in [4.78, 5) is 22.1. The van der Waals surface area contributed by atoms with Crippen LogP contribution in [0.2, 0.25) is 10.3 Å². The van der Waals surface area contributed by atoms with Gasteiger partial charge in [0, 0.05) is 5.56 Å². The highest BCUT2D eigenvalue weighted by Crippen LogP contribution is 2.27. The second-order valence-electron chi connectivity index (χ2n) is 4.94. The molecule has 3 rings (SSSR count). The van der Waals surface area contributed by atoms with Gasteiger partial charge >= 0.3 is 6.03 Å². The van der Waals surface area contributed by atoms with Crippen LogP contribution in [-0.2, 0) is 0 Å². The maximum absolute atomic E-state index is 12.7. The molecule has 0 bridgehead atoms. The molecule has 0 saturated heterocycles. The van der Waals surface area contributed by atoms with Crippen molar-refractivity contribution in [2.24, 2.45) is 4.99 Å². The Kier molecular flexibility index (Phi) is 4.76. The monoisotopic (exact) mass is 380 g/mol. The van der Waals surface area contributed by atoms with Crippen LogP contribution in [-0.4, -0.2) is 16.3 Å². The van der Waals surface area contributed by atoms with Crippen LogP contribution >= 0.6 is 34.8 Å². The van der Waals surface area contributed by atoms with Crippen molar-refractivity contribution in [2.75, 3.05) is 4.90 Å². The fourth-order valence-corrected chi connectivity index (χ4v) is 3.03. The van der Waals surface area contributed by atoms with Crippen LogP contribution in [0.15, 0.2) is 53.2 Å². The van der Waals surface area contributed by atoms with Crippen molar-refractivity contribution < 1.29 is 4.79 Å². The number of hydrogen-bond acceptors (Lipinski definition) is 3. The number of nitrogens with one attached hydrogen (secondary N) is 1. The summed E-state index contributed by atoms with van der Waals surface area (Å²) in [6, 6.07) is 11.7. The van der Waals surface area contributed by atoms with E-state index in [0.29, 0.717) is 22.6 Å². The van der Waals surface area contributed by atoms with Crippen LogP contribution in [0.25, 0.3) is 5.70 Å². The van der Waals surface area contributed by atoms with Gasteiger partial charge in [-0.1, -0.05) is 41.4 Å². The molecule has 2 heterocycles. The maximum atomic E-state index is 12.7. The summed E-state index contributed by atoms with van der Waals surface area (Å²) in [5.41, 5.74) is 2.17. The quantitative estimate of drug-likeness (QED) is 0.594. The fraction of sp³-hybridized carbons (Fsp3) is 0.0625. The molecule has 5 nitrogen and oxygen atoms in total. The summed E-state index contributed by atoms with van der Waals surface area (Å²) in [6.07, 6.45) is 0. The Labute approximate surface area is 153 Å². The van der Waals surface area contributed by atoms with Crippen molar-refractivity contribution >= 4 is 57.5 Å². The summed E-state index contributed by atoms with van der Waals surface area (Å²) < 4.78 is 0. The first-order chi connectivity index (χ1) is 11.5. The largest absolute Gasteiger partial charge is 0.332 e. The number of rotatable bonds is 2. The predicted molar refractivity (Wildman–Crippen MR) is 97.6 cm³/mol. The van der Waals surface area contributed by atoms with Crippen LogP contribution < -0.4 is 10.2 Å². The zero-order valence-corrected chi connectivity index (χ0v) is 14.7. The lowest BCUT2D eigenvalue weighted by atomic mass is 10.1. The molecule has 1 N–H and O–H groups in total. The summed E-state index contributed by atoms with van der Waals surface area (Å²) >= 11 is 18.1. The molecule has 0 unspecified atom stereocenters. The molecule has 1 aliphatic heterocycles. The van der Waals surface area contributed by atoms with Crippen molar-refractivity contribution in [1.29, 1.82) is 0 Å². The van der Waals surface area contributed by atoms with E-state index in [-0.39, 0.29) is 15.6 Å². The van der Waals surface area contributed by atoms with Gasteiger partial charge in [-0.2, -0.15) is 0 Å². The van der Waals surface area contributed by atoms with E-state index >= 15 is 0 Å². The van der Waals surface area contributed by atoms with E-state index < -0.39 is 6.03 Å². The highest BCUT2D eigenvalue weighted by atomic mass is 35.5. The van der Waals surface area contributed by atoms with Gasteiger partial charge in [0.2, 0.25) is 5.29 Å². The lowest BCUT2D eigenvalue weighted by molar-refractivity contribution is 0.253. The average Bonchev–Trinajstić information content (AvgIpc) is 2.63. The van der Waals surface area contributed by atoms with Crippen LogP contribution in [0, 0.1) is 0 Å². The third-order valence-corrected chi connectivity index (χ3v) is 3.95. The number of anilines is 1. The minimum Gasteiger partial charge on any atom is -0.305 e. The standard InChI is InChI=1S/C16H11Cl3N4O/c1-9-14(10-7-12(17)21-13(18)8-10)22-16(24)23(15(19)20-9)11-5-3-2-4-6-11/h2-8H,1H3,(H,22,24). The number of nitrogens with zero attached hydrogens (tertiary/aromatic N) is 3. The first kappa shape index (κ1) is 16.8. The minimum absolute atomic E-state index is 0.0393. The molecule has 1 aromatic carbocycles. The molecular formula is C16H11Cl3N4O. The van der Waals surface area contributed by atoms with Gasteiger partial charge in [-0.25, -0.2) is 19.7 Å². The molecule has 2 amide bonds. The number of benzene rings is 1. The molecule has 0 saturated carbocycles. The molecule has 24 heavy (non-hydrogen) atoms. The molecule has 0 aliphatic carbocycles. The summed E-state index contributed by atoms with van der Waals surface area (Å²) in [5.74, 6) is 0. The highest BCUT2D eigenvalue weighted by Gasteiger charge is 2.26. The fourth-order valence-electron chi connectivity index (χ4n) is 2.27. The van der Waals surface area contributed by atoms with E-state index in [2.05, 4.69) is 15.3 Å². The van der Waals surface area contributed by atoms with E-state index in [4.69, 9.17) is 34.8 Å². The Morgan fingerprint density at radius 3 is 2.29 bits per heavy atom. The van der Waals surface area contributed by atoms with Crippen molar-refractivity contribution in [2.45, 2.75) is 6.92 Å². The van der Waals surface area contributed by atoms with Gasteiger partial charge < -0.3 is 5.32 Å². The summed E-state index contributed by atoms with van der Waals surface area (Å²) in [7, 11) is 0. The molecular weight excluding hydrogens is 371 g/mol. The first-order valence-corrected chi connectivity index (χ1v) is 8.04. The first-order valence-electron chi connectivity index (χ1n) is 6.90. The van der Waals surface area contributed by atoms with Gasteiger partial charge in [0.05, 0.1) is 17.1 Å². The molecule has 0 radical (unpaired) electrons. The Balaban J connectivity index is 2.04. The number of aromatic nitrogens is 1. The molecule has 8 heteroatoms. The molecule has 2 aromatic rings. The van der Waals surface area contributed by atoms with E-state index in [9.17, 15) is 4.79 Å². The van der Waals surface area contributed by atoms with Crippen molar-refractivity contribution in [1.82, 2.24) is 10.3 Å². The van der Waals surface area contributed by atoms with Gasteiger partial charge in [-0.05, 0) is 42.8 Å². The number of aliphatic imine (C=N–C) groups is 1. The van der Waals surface area contributed by atoms with E-state index in [1.807, 2.05) is 6.07 Å². The van der Waals surface area contributed by atoms with Gasteiger partial charge in [0.1, 0.15) is 10.3 Å². The Morgan fingerprint density at radius 2 is 1.67 bits per heavy atom. The second kappa shape index (κ2) is 6.81. The topological polar surface area (TPSA) is 57.6 Å². The molecule has 0 fully saturated rings. The number of para-hydroxylation sites is 1. The van der Waals surface area contributed by atoms with Crippen molar-refractivity contribution in [3.8, 4) is 0 Å². The van der Waals surface area contributed by atoms with Crippen LogP contribution in [0.1, 0.15) is 12.5 Å². The number of urea groups is 1. The maximum Gasteiger partial charge on any atom is 0.332 e. The van der Waals surface area contributed by atoms with Crippen LogP contribution in [0.4, 0.5) is 10.5 Å². The lowest BCUT2D eigenvalue weighted by Crippen LogP contribution is -2.40. The van der Waals surface area contributed by atoms with Crippen molar-refractivity contribution in [3.63, 3.8) is 0 Å². The van der Waals surface area contributed by atoms with E-state index in [1.165, 1.54) is 4.90 Å². The number of carbonyl (C=O) groups excluding carboxylic acids is 1. The third kappa shape index (κ3) is 3.38. The van der Waals surface area contributed by atoms with E-state index in [1.54, 1.807) is 43.3 Å². The number of pyridine rings is 1. The number of carbonyl (C=O) groups is 1. The third-order valence-electron chi connectivity index (χ3n) is 3.31. The SMILES string of the molecule is CC1=C(c2cc(Cl)nc(Cl)c2)NC(=O)N(c2ccccc2)C(Cl)=N1. The average molecular weight is 382 g/mol.